The molecule has 0 heterocycles. The number of hydrogen-bond donors (Lipinski definition) is 3. The van der Waals surface area contributed by atoms with E-state index >= 15 is 0 Å². The van der Waals surface area contributed by atoms with Crippen molar-refractivity contribution in [3.05, 3.63) is 29.3 Å². The van der Waals surface area contributed by atoms with Gasteiger partial charge in [0.25, 0.3) is 0 Å². The highest BCUT2D eigenvalue weighted by Crippen LogP contribution is 2.22. The van der Waals surface area contributed by atoms with Crippen molar-refractivity contribution in [2.75, 3.05) is 6.61 Å². The number of para-hydroxylation sites is 1. The Balaban J connectivity index is 0.00000169. The molecule has 14 heavy (non-hydrogen) atoms. The van der Waals surface area contributed by atoms with Gasteiger partial charge in [0.05, 0.1) is 6.61 Å². The van der Waals surface area contributed by atoms with Crippen molar-refractivity contribution >= 4 is 12.4 Å². The van der Waals surface area contributed by atoms with E-state index in [2.05, 4.69) is 0 Å². The summed E-state index contributed by atoms with van der Waals surface area (Å²) in [7, 11) is 0. The summed E-state index contributed by atoms with van der Waals surface area (Å²) < 4.78 is 0. The molecule has 1 aromatic rings. The smallest absolute Gasteiger partial charge is 0.121 e. The Bertz CT molecular complexity index is 291. The number of aliphatic hydroxyl groups excluding tert-OH is 1. The van der Waals surface area contributed by atoms with Crippen LogP contribution in [0.3, 0.4) is 0 Å². The van der Waals surface area contributed by atoms with Crippen LogP contribution >= 0.6 is 12.4 Å². The molecule has 0 aromatic heterocycles. The molecule has 0 saturated carbocycles. The lowest BCUT2D eigenvalue weighted by molar-refractivity contribution is 0.264. The van der Waals surface area contributed by atoms with Crippen molar-refractivity contribution in [2.24, 2.45) is 5.73 Å². The minimum absolute atomic E-state index is 0. The van der Waals surface area contributed by atoms with Crippen molar-refractivity contribution in [1.82, 2.24) is 0 Å². The van der Waals surface area contributed by atoms with Crippen molar-refractivity contribution < 1.29 is 10.2 Å². The van der Waals surface area contributed by atoms with Crippen LogP contribution < -0.4 is 5.73 Å². The minimum Gasteiger partial charge on any atom is -0.507 e. The number of hydrogen-bond acceptors (Lipinski definition) is 3. The second-order valence-corrected chi connectivity index (χ2v) is 3.23. The maximum Gasteiger partial charge on any atom is 0.121 e. The fourth-order valence-electron chi connectivity index (χ4n) is 1.23. The van der Waals surface area contributed by atoms with Crippen LogP contribution in [-0.4, -0.2) is 22.9 Å². The Morgan fingerprint density at radius 2 is 2.07 bits per heavy atom. The number of aryl methyl sites for hydroxylation is 1. The first kappa shape index (κ1) is 13.2. The second kappa shape index (κ2) is 5.86. The first-order chi connectivity index (χ1) is 6.15. The molecule has 1 aromatic carbocycles. The Hall–Kier alpha value is -0.770. The van der Waals surface area contributed by atoms with E-state index in [1.165, 1.54) is 0 Å². The molecule has 80 valence electrons. The Morgan fingerprint density at radius 1 is 1.43 bits per heavy atom. The molecule has 0 bridgehead atoms. The number of phenolic OH excluding ortho intramolecular Hbond substituents is 1. The van der Waals surface area contributed by atoms with Gasteiger partial charge >= 0.3 is 0 Å². The highest BCUT2D eigenvalue weighted by atomic mass is 35.5. The van der Waals surface area contributed by atoms with E-state index in [1.807, 2.05) is 25.1 Å². The molecular formula is C10H16ClNO2. The monoisotopic (exact) mass is 217 g/mol. The molecule has 0 aliphatic heterocycles. The molecule has 0 fully saturated rings. The van der Waals surface area contributed by atoms with Crippen molar-refractivity contribution in [1.29, 1.82) is 0 Å². The molecule has 0 radical (unpaired) electrons. The standard InChI is InChI=1S/C10H15NO2.ClH/c1-7-3-2-4-8(10(7)13)5-9(11)6-12;/h2-4,9,12-13H,5-6,11H2,1H3;1H. The van der Waals surface area contributed by atoms with Crippen LogP contribution in [0.4, 0.5) is 0 Å². The highest BCUT2D eigenvalue weighted by molar-refractivity contribution is 5.85. The molecule has 3 nitrogen and oxygen atoms in total. The van der Waals surface area contributed by atoms with Gasteiger partial charge in [-0.15, -0.1) is 12.4 Å². The van der Waals surface area contributed by atoms with Crippen LogP contribution in [0.25, 0.3) is 0 Å². The summed E-state index contributed by atoms with van der Waals surface area (Å²) in [5.74, 6) is 0.284. The maximum absolute atomic E-state index is 9.60. The average Bonchev–Trinajstić information content (AvgIpc) is 2.13. The normalized spacial score (nSPS) is 11.9. The lowest BCUT2D eigenvalue weighted by Gasteiger charge is -2.10. The average molecular weight is 218 g/mol. The predicted molar refractivity (Wildman–Crippen MR) is 58.9 cm³/mol. The summed E-state index contributed by atoms with van der Waals surface area (Å²) >= 11 is 0. The van der Waals surface area contributed by atoms with Gasteiger partial charge in [-0.1, -0.05) is 18.2 Å². The first-order valence-corrected chi connectivity index (χ1v) is 4.29. The molecule has 4 N–H and O–H groups in total. The molecule has 1 unspecified atom stereocenters. The maximum atomic E-state index is 9.60. The zero-order chi connectivity index (χ0) is 9.84. The quantitative estimate of drug-likeness (QED) is 0.707. The fourth-order valence-corrected chi connectivity index (χ4v) is 1.23. The SMILES string of the molecule is Cc1cccc(CC(N)CO)c1O.Cl. The van der Waals surface area contributed by atoms with E-state index in [0.717, 1.165) is 11.1 Å². The van der Waals surface area contributed by atoms with Gasteiger partial charge in [-0.25, -0.2) is 0 Å². The zero-order valence-corrected chi connectivity index (χ0v) is 8.92. The van der Waals surface area contributed by atoms with Gasteiger partial charge in [-0.3, -0.25) is 0 Å². The third-order valence-corrected chi connectivity index (χ3v) is 2.04. The highest BCUT2D eigenvalue weighted by Gasteiger charge is 2.07. The van der Waals surface area contributed by atoms with Crippen LogP contribution in [0.1, 0.15) is 11.1 Å². The number of phenols is 1. The number of aliphatic hydroxyl groups is 1. The largest absolute Gasteiger partial charge is 0.507 e. The van der Waals surface area contributed by atoms with E-state index in [4.69, 9.17) is 10.8 Å². The van der Waals surface area contributed by atoms with Crippen molar-refractivity contribution in [3.8, 4) is 5.75 Å². The van der Waals surface area contributed by atoms with Crippen LogP contribution in [0.15, 0.2) is 18.2 Å². The van der Waals surface area contributed by atoms with Gasteiger partial charge in [0.15, 0.2) is 0 Å². The topological polar surface area (TPSA) is 66.5 Å². The number of nitrogens with two attached hydrogens (primary N) is 1. The van der Waals surface area contributed by atoms with E-state index < -0.39 is 0 Å². The van der Waals surface area contributed by atoms with Gasteiger partial charge in [-0.2, -0.15) is 0 Å². The van der Waals surface area contributed by atoms with E-state index in [0.29, 0.717) is 6.42 Å². The summed E-state index contributed by atoms with van der Waals surface area (Å²) in [5, 5.41) is 18.4. The summed E-state index contributed by atoms with van der Waals surface area (Å²) in [6, 6.07) is 5.23. The van der Waals surface area contributed by atoms with Crippen molar-refractivity contribution in [2.45, 2.75) is 19.4 Å². The number of rotatable bonds is 3. The van der Waals surface area contributed by atoms with Gasteiger partial charge in [0.2, 0.25) is 0 Å². The van der Waals surface area contributed by atoms with Crippen LogP contribution in [0, 0.1) is 6.92 Å². The zero-order valence-electron chi connectivity index (χ0n) is 8.10. The first-order valence-electron chi connectivity index (χ1n) is 4.29. The molecule has 1 atom stereocenters. The molecule has 4 heteroatoms. The van der Waals surface area contributed by atoms with Crippen LogP contribution in [-0.2, 0) is 6.42 Å². The third-order valence-electron chi connectivity index (χ3n) is 2.04. The summed E-state index contributed by atoms with van der Waals surface area (Å²) in [5.41, 5.74) is 7.19. The number of benzene rings is 1. The fraction of sp³-hybridized carbons (Fsp3) is 0.400. The van der Waals surface area contributed by atoms with Crippen molar-refractivity contribution in [3.63, 3.8) is 0 Å². The number of aromatic hydroxyl groups is 1. The molecular weight excluding hydrogens is 202 g/mol. The molecule has 0 spiro atoms. The molecule has 0 amide bonds. The molecule has 0 aliphatic carbocycles. The van der Waals surface area contributed by atoms with Crippen LogP contribution in [0.2, 0.25) is 0 Å². The molecule has 1 rings (SSSR count). The van der Waals surface area contributed by atoms with Gasteiger partial charge in [-0.05, 0) is 24.5 Å². The number of halogens is 1. The third kappa shape index (κ3) is 3.18. The lowest BCUT2D eigenvalue weighted by atomic mass is 10.0. The Kier molecular flexibility index (Phi) is 5.53. The van der Waals surface area contributed by atoms with Gasteiger partial charge in [0.1, 0.15) is 5.75 Å². The summed E-state index contributed by atoms with van der Waals surface area (Å²) in [6.07, 6.45) is 0.504. The van der Waals surface area contributed by atoms with E-state index in [9.17, 15) is 5.11 Å². The predicted octanol–water partition coefficient (Wildman–Crippen LogP) is 0.985. The van der Waals surface area contributed by atoms with E-state index in [-0.39, 0.29) is 30.8 Å². The second-order valence-electron chi connectivity index (χ2n) is 3.23. The van der Waals surface area contributed by atoms with E-state index in [1.54, 1.807) is 0 Å². The summed E-state index contributed by atoms with van der Waals surface area (Å²) in [4.78, 5) is 0. The van der Waals surface area contributed by atoms with Crippen LogP contribution in [0.5, 0.6) is 5.75 Å². The molecule has 0 saturated heterocycles. The lowest BCUT2D eigenvalue weighted by Crippen LogP contribution is -2.26. The summed E-state index contributed by atoms with van der Waals surface area (Å²) in [6.45, 7) is 1.77. The Labute approximate surface area is 90.0 Å². The Morgan fingerprint density at radius 3 is 2.64 bits per heavy atom. The van der Waals surface area contributed by atoms with Gasteiger partial charge in [0, 0.05) is 6.04 Å². The molecule has 0 aliphatic rings. The van der Waals surface area contributed by atoms with Gasteiger partial charge < -0.3 is 15.9 Å². The minimum atomic E-state index is -0.298.